The Bertz CT molecular complexity index is 1440. The van der Waals surface area contributed by atoms with Crippen molar-refractivity contribution in [1.29, 1.82) is 0 Å². The van der Waals surface area contributed by atoms with E-state index in [0.29, 0.717) is 43.8 Å². The van der Waals surface area contributed by atoms with Gasteiger partial charge in [-0.25, -0.2) is 9.78 Å². The number of hydrogen-bond acceptors (Lipinski definition) is 7. The Labute approximate surface area is 231 Å². The van der Waals surface area contributed by atoms with Crippen LogP contribution >= 0.6 is 57.7 Å². The Morgan fingerprint density at radius 3 is 2.47 bits per heavy atom. The predicted octanol–water partition coefficient (Wildman–Crippen LogP) is 8.49. The molecule has 0 amide bonds. The summed E-state index contributed by atoms with van der Waals surface area (Å²) in [6.45, 7) is 2.21. The molecule has 0 saturated carbocycles. The van der Waals surface area contributed by atoms with Gasteiger partial charge in [0.25, 0.3) is 0 Å². The summed E-state index contributed by atoms with van der Waals surface area (Å²) in [5.41, 5.74) is 5.30. The predicted molar refractivity (Wildman–Crippen MR) is 148 cm³/mol. The molecule has 3 aromatic carbocycles. The van der Waals surface area contributed by atoms with E-state index < -0.39 is 5.97 Å². The second-order valence-electron chi connectivity index (χ2n) is 7.18. The number of hydrazone groups is 1. The van der Waals surface area contributed by atoms with Crippen LogP contribution in [0.25, 0.3) is 11.3 Å². The van der Waals surface area contributed by atoms with Crippen LogP contribution in [-0.4, -0.2) is 23.8 Å². The fraction of sp³-hybridized carbons (Fsp3) is 0.0800. The number of halogens is 4. The molecule has 1 heterocycles. The Balaban J connectivity index is 1.45. The molecule has 0 aliphatic carbocycles. The number of anilines is 1. The van der Waals surface area contributed by atoms with E-state index in [-0.39, 0.29) is 16.3 Å². The maximum absolute atomic E-state index is 12.6. The van der Waals surface area contributed by atoms with E-state index in [2.05, 4.69) is 15.5 Å². The zero-order chi connectivity index (χ0) is 25.7. The summed E-state index contributed by atoms with van der Waals surface area (Å²) >= 11 is 25.6. The van der Waals surface area contributed by atoms with Gasteiger partial charge in [-0.2, -0.15) is 5.10 Å². The number of ether oxygens (including phenoxy) is 2. The summed E-state index contributed by atoms with van der Waals surface area (Å²) in [6, 6.07) is 14.9. The van der Waals surface area contributed by atoms with E-state index in [1.54, 1.807) is 42.6 Å². The minimum atomic E-state index is -0.624. The van der Waals surface area contributed by atoms with E-state index in [0.717, 1.165) is 5.56 Å². The van der Waals surface area contributed by atoms with Crippen LogP contribution in [0.15, 0.2) is 65.1 Å². The summed E-state index contributed by atoms with van der Waals surface area (Å²) in [5.74, 6) is 0.0113. The lowest BCUT2D eigenvalue weighted by Crippen LogP contribution is -2.10. The minimum absolute atomic E-state index is 0.195. The number of aromatic nitrogens is 1. The number of benzene rings is 3. The van der Waals surface area contributed by atoms with Gasteiger partial charge in [0.05, 0.1) is 34.1 Å². The molecule has 0 fully saturated rings. The molecule has 1 aromatic heterocycles. The standard InChI is InChI=1S/C25H17Cl4N3O3S/c1-2-34-23-9-14(3-8-22(23)35-24(33)18-7-5-16(27)11-20(18)29)12-30-32-25-31-21(13-36-25)17-6-4-15(26)10-19(17)28/h3-13H,2H2,1H3,(H,31,32). The third-order valence-electron chi connectivity index (χ3n) is 4.71. The molecule has 0 aliphatic rings. The highest BCUT2D eigenvalue weighted by atomic mass is 35.5. The molecule has 4 aromatic rings. The zero-order valence-electron chi connectivity index (χ0n) is 18.6. The van der Waals surface area contributed by atoms with E-state index in [1.807, 2.05) is 18.4 Å². The highest BCUT2D eigenvalue weighted by Crippen LogP contribution is 2.33. The quantitative estimate of drug-likeness (QED) is 0.0978. The lowest BCUT2D eigenvalue weighted by Gasteiger charge is -2.12. The molecular formula is C25H17Cl4N3O3S. The average molecular weight is 581 g/mol. The van der Waals surface area contributed by atoms with Crippen LogP contribution in [-0.2, 0) is 0 Å². The summed E-state index contributed by atoms with van der Waals surface area (Å²) in [4.78, 5) is 17.1. The number of carbonyl (C=O) groups is 1. The van der Waals surface area contributed by atoms with Crippen LogP contribution in [0, 0.1) is 0 Å². The average Bonchev–Trinajstić information content (AvgIpc) is 3.29. The van der Waals surface area contributed by atoms with Crippen LogP contribution in [0.4, 0.5) is 5.13 Å². The molecule has 36 heavy (non-hydrogen) atoms. The van der Waals surface area contributed by atoms with Crippen molar-refractivity contribution < 1.29 is 14.3 Å². The van der Waals surface area contributed by atoms with Gasteiger partial charge in [0.1, 0.15) is 0 Å². The number of carbonyl (C=O) groups excluding carboxylic acids is 1. The van der Waals surface area contributed by atoms with E-state index in [4.69, 9.17) is 55.9 Å². The van der Waals surface area contributed by atoms with Crippen LogP contribution in [0.1, 0.15) is 22.8 Å². The van der Waals surface area contributed by atoms with Crippen LogP contribution in [0.3, 0.4) is 0 Å². The SMILES string of the molecule is CCOc1cc(C=NNc2nc(-c3ccc(Cl)cc3Cl)cs2)ccc1OC(=O)c1ccc(Cl)cc1Cl. The molecule has 0 saturated heterocycles. The molecule has 4 rings (SSSR count). The Kier molecular flexibility index (Phi) is 8.72. The number of thiazole rings is 1. The van der Waals surface area contributed by atoms with Gasteiger partial charge in [0.2, 0.25) is 5.13 Å². The molecule has 6 nitrogen and oxygen atoms in total. The normalized spacial score (nSPS) is 11.0. The zero-order valence-corrected chi connectivity index (χ0v) is 22.4. The highest BCUT2D eigenvalue weighted by Gasteiger charge is 2.16. The molecule has 0 bridgehead atoms. The number of rotatable bonds is 8. The molecule has 11 heteroatoms. The van der Waals surface area contributed by atoms with Gasteiger partial charge >= 0.3 is 5.97 Å². The van der Waals surface area contributed by atoms with Gasteiger partial charge in [-0.15, -0.1) is 11.3 Å². The van der Waals surface area contributed by atoms with Gasteiger partial charge in [0, 0.05) is 21.0 Å². The highest BCUT2D eigenvalue weighted by molar-refractivity contribution is 7.14. The first-order valence-electron chi connectivity index (χ1n) is 10.5. The Morgan fingerprint density at radius 2 is 1.75 bits per heavy atom. The summed E-state index contributed by atoms with van der Waals surface area (Å²) < 4.78 is 11.2. The number of nitrogens with one attached hydrogen (secondary N) is 1. The van der Waals surface area contributed by atoms with Gasteiger partial charge in [-0.1, -0.05) is 46.4 Å². The number of nitrogens with zero attached hydrogens (tertiary/aromatic N) is 2. The second-order valence-corrected chi connectivity index (χ2v) is 9.73. The maximum Gasteiger partial charge on any atom is 0.345 e. The topological polar surface area (TPSA) is 72.8 Å². The molecule has 0 atom stereocenters. The van der Waals surface area contributed by atoms with Crippen molar-refractivity contribution >= 4 is 75.1 Å². The van der Waals surface area contributed by atoms with Crippen molar-refractivity contribution in [2.45, 2.75) is 6.92 Å². The monoisotopic (exact) mass is 579 g/mol. The van der Waals surface area contributed by atoms with Crippen LogP contribution in [0.5, 0.6) is 11.5 Å². The number of esters is 1. The van der Waals surface area contributed by atoms with Gasteiger partial charge in [-0.3, -0.25) is 5.43 Å². The molecule has 0 radical (unpaired) electrons. The fourth-order valence-electron chi connectivity index (χ4n) is 3.08. The summed E-state index contributed by atoms with van der Waals surface area (Å²) in [6.07, 6.45) is 1.60. The maximum atomic E-state index is 12.6. The van der Waals surface area contributed by atoms with Crippen molar-refractivity contribution in [3.63, 3.8) is 0 Å². The molecule has 0 aliphatic heterocycles. The Morgan fingerprint density at radius 1 is 1.00 bits per heavy atom. The minimum Gasteiger partial charge on any atom is -0.490 e. The summed E-state index contributed by atoms with van der Waals surface area (Å²) in [5, 5.41) is 8.40. The molecule has 0 spiro atoms. The van der Waals surface area contributed by atoms with Crippen molar-refractivity contribution in [3.05, 3.63) is 91.2 Å². The van der Waals surface area contributed by atoms with E-state index in [9.17, 15) is 4.79 Å². The van der Waals surface area contributed by atoms with Gasteiger partial charge in [0.15, 0.2) is 11.5 Å². The van der Waals surface area contributed by atoms with Crippen molar-refractivity contribution in [2.75, 3.05) is 12.0 Å². The lowest BCUT2D eigenvalue weighted by atomic mass is 10.2. The largest absolute Gasteiger partial charge is 0.490 e. The first-order chi connectivity index (χ1) is 17.3. The van der Waals surface area contributed by atoms with Crippen LogP contribution < -0.4 is 14.9 Å². The van der Waals surface area contributed by atoms with Crippen molar-refractivity contribution in [3.8, 4) is 22.8 Å². The molecule has 184 valence electrons. The molecule has 0 unspecified atom stereocenters. The molecular weight excluding hydrogens is 564 g/mol. The third kappa shape index (κ3) is 6.49. The third-order valence-corrected chi connectivity index (χ3v) is 6.55. The first kappa shape index (κ1) is 26.3. The number of hydrogen-bond donors (Lipinski definition) is 1. The second kappa shape index (κ2) is 12.0. The Hall–Kier alpha value is -2.81. The smallest absolute Gasteiger partial charge is 0.345 e. The van der Waals surface area contributed by atoms with Gasteiger partial charge < -0.3 is 9.47 Å². The summed E-state index contributed by atoms with van der Waals surface area (Å²) in [7, 11) is 0. The lowest BCUT2D eigenvalue weighted by molar-refractivity contribution is 0.0728. The van der Waals surface area contributed by atoms with E-state index >= 15 is 0 Å². The van der Waals surface area contributed by atoms with Gasteiger partial charge in [-0.05, 0) is 67.1 Å². The first-order valence-corrected chi connectivity index (χ1v) is 12.9. The molecule has 1 N–H and O–H groups in total. The van der Waals surface area contributed by atoms with Crippen LogP contribution in [0.2, 0.25) is 20.1 Å². The fourth-order valence-corrected chi connectivity index (χ4v) is 4.73. The van der Waals surface area contributed by atoms with E-state index in [1.165, 1.54) is 23.5 Å². The van der Waals surface area contributed by atoms with Crippen molar-refractivity contribution in [2.24, 2.45) is 5.10 Å². The van der Waals surface area contributed by atoms with Crippen molar-refractivity contribution in [1.82, 2.24) is 4.98 Å².